The fourth-order valence-corrected chi connectivity index (χ4v) is 6.17. The minimum atomic E-state index is -5.32. The number of anilines is 1. The number of carbonyl (C=O) groups is 2. The van der Waals surface area contributed by atoms with Crippen LogP contribution in [0.15, 0.2) is 41.3 Å². The molecule has 1 amide bonds. The van der Waals surface area contributed by atoms with Crippen molar-refractivity contribution in [3.8, 4) is 11.5 Å². The van der Waals surface area contributed by atoms with Crippen LogP contribution < -0.4 is 14.8 Å². The molecule has 3 aliphatic heterocycles. The number of rotatable bonds is 4. The van der Waals surface area contributed by atoms with Crippen molar-refractivity contribution in [3.05, 3.63) is 47.5 Å². The molecule has 0 aromatic heterocycles. The number of hydrogen-bond donors (Lipinski definition) is 1. The van der Waals surface area contributed by atoms with Crippen LogP contribution in [-0.2, 0) is 25.2 Å². The summed E-state index contributed by atoms with van der Waals surface area (Å²) >= 11 is 0. The quantitative estimate of drug-likeness (QED) is 0.590. The van der Waals surface area contributed by atoms with E-state index in [0.29, 0.717) is 13.1 Å². The first-order valence-corrected chi connectivity index (χ1v) is 13.1. The first kappa shape index (κ1) is 25.3. The molecule has 1 fully saturated rings. The van der Waals surface area contributed by atoms with Crippen LogP contribution in [0.2, 0.25) is 0 Å². The molecule has 37 heavy (non-hydrogen) atoms. The fourth-order valence-electron chi connectivity index (χ4n) is 4.65. The van der Waals surface area contributed by atoms with E-state index in [-0.39, 0.29) is 40.9 Å². The number of amides is 1. The molecular weight excluding hydrogens is 517 g/mol. The van der Waals surface area contributed by atoms with Crippen LogP contribution in [0.4, 0.5) is 18.9 Å². The second-order valence-electron chi connectivity index (χ2n) is 8.91. The van der Waals surface area contributed by atoms with Gasteiger partial charge in [-0.25, -0.2) is 13.2 Å². The maximum Gasteiger partial charge on any atom is 0.442 e. The lowest BCUT2D eigenvalue weighted by atomic mass is 9.93. The summed E-state index contributed by atoms with van der Waals surface area (Å²) < 4.78 is 86.2. The Hall–Kier alpha value is -3.32. The molecule has 1 unspecified atom stereocenters. The van der Waals surface area contributed by atoms with E-state index in [4.69, 9.17) is 14.2 Å². The fraction of sp³-hybridized carbons (Fsp3) is 0.417. The average molecular weight is 541 g/mol. The van der Waals surface area contributed by atoms with Gasteiger partial charge in [-0.15, -0.1) is 0 Å². The van der Waals surface area contributed by atoms with E-state index >= 15 is 0 Å². The number of fused-ring (bicyclic) bond motifs is 2. The standard InChI is InChI=1S/C24H23F3N2O7S/c25-24(26,27)23(17-13-19-20(35-12-11-34-19)14-18(17)28-22(23)31)36-21(30)15-5-7-16(8-6-15)37(32,33)29-9-3-1-2-4-10-29/h5-8,13-14H,1-4,9-12H2,(H,28,31). The van der Waals surface area contributed by atoms with Gasteiger partial charge in [-0.3, -0.25) is 4.79 Å². The third kappa shape index (κ3) is 4.29. The molecule has 0 saturated carbocycles. The Kier molecular flexibility index (Phi) is 6.31. The number of ether oxygens (including phenoxy) is 3. The zero-order chi connectivity index (χ0) is 26.4. The van der Waals surface area contributed by atoms with E-state index in [0.717, 1.165) is 56.0 Å². The lowest BCUT2D eigenvalue weighted by molar-refractivity contribution is -0.251. The zero-order valence-electron chi connectivity index (χ0n) is 19.5. The number of nitrogens with zero attached hydrogens (tertiary/aromatic N) is 1. The highest BCUT2D eigenvalue weighted by atomic mass is 32.2. The van der Waals surface area contributed by atoms with Crippen molar-refractivity contribution < 1.29 is 45.4 Å². The summed E-state index contributed by atoms with van der Waals surface area (Å²) in [4.78, 5) is 25.5. The highest BCUT2D eigenvalue weighted by Gasteiger charge is 2.69. The molecule has 13 heteroatoms. The largest absolute Gasteiger partial charge is 0.486 e. The summed E-state index contributed by atoms with van der Waals surface area (Å²) in [6, 6.07) is 6.57. The molecule has 2 aromatic rings. The first-order chi connectivity index (χ1) is 17.5. The van der Waals surface area contributed by atoms with E-state index in [1.165, 1.54) is 10.4 Å². The molecule has 1 saturated heterocycles. The van der Waals surface area contributed by atoms with Crippen molar-refractivity contribution >= 4 is 27.6 Å². The third-order valence-corrected chi connectivity index (χ3v) is 8.48. The molecule has 9 nitrogen and oxygen atoms in total. The monoisotopic (exact) mass is 540 g/mol. The predicted molar refractivity (Wildman–Crippen MR) is 123 cm³/mol. The summed E-state index contributed by atoms with van der Waals surface area (Å²) in [5, 5.41) is 2.12. The molecule has 0 aliphatic carbocycles. The van der Waals surface area contributed by atoms with Gasteiger partial charge in [0.25, 0.3) is 5.91 Å². The second kappa shape index (κ2) is 9.21. The zero-order valence-corrected chi connectivity index (χ0v) is 20.3. The summed E-state index contributed by atoms with van der Waals surface area (Å²) in [5.41, 5.74) is -4.84. The number of alkyl halides is 3. The number of carbonyl (C=O) groups excluding carboxylic acids is 2. The van der Waals surface area contributed by atoms with Gasteiger partial charge < -0.3 is 19.5 Å². The predicted octanol–water partition coefficient (Wildman–Crippen LogP) is 3.59. The Morgan fingerprint density at radius 1 is 0.973 bits per heavy atom. The Bertz CT molecular complexity index is 1340. The van der Waals surface area contributed by atoms with Crippen molar-refractivity contribution in [2.45, 2.75) is 42.4 Å². The lowest BCUT2D eigenvalue weighted by Crippen LogP contribution is -2.51. The lowest BCUT2D eigenvalue weighted by Gasteiger charge is -2.30. The maximum atomic E-state index is 14.4. The molecule has 1 N–H and O–H groups in total. The summed E-state index contributed by atoms with van der Waals surface area (Å²) in [6.45, 7) is 1.02. The minimum Gasteiger partial charge on any atom is -0.486 e. The van der Waals surface area contributed by atoms with Gasteiger partial charge in [-0.05, 0) is 43.2 Å². The molecule has 1 atom stereocenters. The van der Waals surface area contributed by atoms with Crippen LogP contribution in [0.3, 0.4) is 0 Å². The van der Waals surface area contributed by atoms with Crippen molar-refractivity contribution in [2.75, 3.05) is 31.6 Å². The normalized spacial score (nSPS) is 22.1. The van der Waals surface area contributed by atoms with Crippen molar-refractivity contribution in [2.24, 2.45) is 0 Å². The SMILES string of the molecule is O=C(OC1(C(F)(F)F)C(=O)Nc2cc3c(cc21)OCCO3)c1ccc(S(=O)(=O)N2CCCCCC2)cc1. The Labute approximate surface area is 210 Å². The van der Waals surface area contributed by atoms with Gasteiger partial charge in [0.05, 0.1) is 16.1 Å². The highest BCUT2D eigenvalue weighted by molar-refractivity contribution is 7.89. The third-order valence-electron chi connectivity index (χ3n) is 6.57. The van der Waals surface area contributed by atoms with E-state index in [9.17, 15) is 31.2 Å². The summed E-state index contributed by atoms with van der Waals surface area (Å²) in [5.74, 6) is -2.91. The van der Waals surface area contributed by atoms with Crippen LogP contribution in [-0.4, -0.2) is 57.1 Å². The Morgan fingerprint density at radius 3 is 2.16 bits per heavy atom. The number of benzene rings is 2. The molecule has 3 aliphatic rings. The number of sulfonamides is 1. The van der Waals surface area contributed by atoms with Crippen LogP contribution in [0.5, 0.6) is 11.5 Å². The number of halogens is 3. The van der Waals surface area contributed by atoms with E-state index < -0.39 is 39.2 Å². The highest BCUT2D eigenvalue weighted by Crippen LogP contribution is 2.53. The van der Waals surface area contributed by atoms with Crippen LogP contribution >= 0.6 is 0 Å². The first-order valence-electron chi connectivity index (χ1n) is 11.7. The van der Waals surface area contributed by atoms with Gasteiger partial charge >= 0.3 is 17.7 Å². The van der Waals surface area contributed by atoms with Gasteiger partial charge in [-0.1, -0.05) is 12.8 Å². The second-order valence-corrected chi connectivity index (χ2v) is 10.8. The maximum absolute atomic E-state index is 14.4. The van der Waals surface area contributed by atoms with Crippen LogP contribution in [0.1, 0.15) is 41.6 Å². The van der Waals surface area contributed by atoms with Crippen molar-refractivity contribution in [1.82, 2.24) is 4.31 Å². The Morgan fingerprint density at radius 2 is 1.57 bits per heavy atom. The van der Waals surface area contributed by atoms with Crippen LogP contribution in [0, 0.1) is 0 Å². The molecule has 198 valence electrons. The smallest absolute Gasteiger partial charge is 0.442 e. The van der Waals surface area contributed by atoms with E-state index in [2.05, 4.69) is 5.32 Å². The molecule has 0 bridgehead atoms. The Balaban J connectivity index is 1.45. The van der Waals surface area contributed by atoms with Gasteiger partial charge in [-0.2, -0.15) is 17.5 Å². The van der Waals surface area contributed by atoms with E-state index in [1.807, 2.05) is 0 Å². The van der Waals surface area contributed by atoms with E-state index in [1.54, 1.807) is 0 Å². The van der Waals surface area contributed by atoms with Gasteiger partial charge in [0, 0.05) is 24.7 Å². The van der Waals surface area contributed by atoms with Gasteiger partial charge in [0.15, 0.2) is 11.5 Å². The average Bonchev–Trinajstić information content (AvgIpc) is 3.02. The summed E-state index contributed by atoms with van der Waals surface area (Å²) in [7, 11) is -3.83. The molecule has 0 radical (unpaired) electrons. The van der Waals surface area contributed by atoms with Crippen LogP contribution in [0.25, 0.3) is 0 Å². The molecule has 5 rings (SSSR count). The minimum absolute atomic E-state index is 0.0192. The number of hydrogen-bond acceptors (Lipinski definition) is 7. The number of nitrogens with one attached hydrogen (secondary N) is 1. The molecule has 3 heterocycles. The molecule has 0 spiro atoms. The summed E-state index contributed by atoms with van der Waals surface area (Å²) in [6.07, 6.45) is -2.01. The van der Waals surface area contributed by atoms with Crippen molar-refractivity contribution in [1.29, 1.82) is 0 Å². The molecule has 2 aromatic carbocycles. The topological polar surface area (TPSA) is 111 Å². The van der Waals surface area contributed by atoms with Crippen molar-refractivity contribution in [3.63, 3.8) is 0 Å². The molecular formula is C24H23F3N2O7S. The van der Waals surface area contributed by atoms with Gasteiger partial charge in [0.1, 0.15) is 13.2 Å². The van der Waals surface area contributed by atoms with Gasteiger partial charge in [0.2, 0.25) is 10.0 Å². The number of esters is 1.